The molecule has 0 radical (unpaired) electrons. The van der Waals surface area contributed by atoms with Crippen molar-refractivity contribution in [1.82, 2.24) is 15.1 Å². The van der Waals surface area contributed by atoms with Crippen LogP contribution >= 0.6 is 33.9 Å². The van der Waals surface area contributed by atoms with Gasteiger partial charge in [-0.1, -0.05) is 13.8 Å². The van der Waals surface area contributed by atoms with Crippen LogP contribution in [0, 0.1) is 14.8 Å². The number of carboxylic acids is 1. The molecule has 0 aliphatic carbocycles. The number of thiophene rings is 1. The van der Waals surface area contributed by atoms with E-state index in [1.54, 1.807) is 6.07 Å². The Balaban J connectivity index is 1.82. The highest BCUT2D eigenvalue weighted by atomic mass is 127. The van der Waals surface area contributed by atoms with Crippen molar-refractivity contribution in [3.63, 3.8) is 0 Å². The number of nitrogens with zero attached hydrogens (tertiary/aromatic N) is 2. The van der Waals surface area contributed by atoms with E-state index in [9.17, 15) is 33.8 Å². The van der Waals surface area contributed by atoms with Crippen molar-refractivity contribution in [2.75, 3.05) is 31.5 Å². The van der Waals surface area contributed by atoms with Crippen molar-refractivity contribution in [2.24, 2.45) is 5.41 Å². The average Bonchev–Trinajstić information content (AvgIpc) is 3.10. The number of carbonyl (C=O) groups excluding carboxylic acids is 2. The molecule has 2 aliphatic heterocycles. The van der Waals surface area contributed by atoms with Crippen LogP contribution in [0.4, 0.5) is 19.9 Å². The molecule has 10 nitrogen and oxygen atoms in total. The summed E-state index contributed by atoms with van der Waals surface area (Å²) in [4.78, 5) is 52.7. The third-order valence-corrected chi connectivity index (χ3v) is 8.00. The van der Waals surface area contributed by atoms with Crippen molar-refractivity contribution >= 4 is 68.5 Å². The second-order valence-electron chi connectivity index (χ2n) is 9.47. The fraction of sp³-hybridized carbons (Fsp3) is 0.391. The lowest BCUT2D eigenvalue weighted by molar-refractivity contribution is -0.144. The Bertz CT molecular complexity index is 1270. The zero-order valence-corrected chi connectivity index (χ0v) is 22.4. The van der Waals surface area contributed by atoms with Crippen molar-refractivity contribution in [3.05, 3.63) is 43.6 Å². The van der Waals surface area contributed by atoms with Gasteiger partial charge in [0.2, 0.25) is 0 Å². The SMILES string of the molecule is CC1(C)CNC(=O)c2sc(Nc3ccc(I)cc3F)c(C(=O)N3CCN(C(=O)O)C[C@H]3C(=O)O)c2C1. The van der Waals surface area contributed by atoms with E-state index in [0.29, 0.717) is 27.0 Å². The summed E-state index contributed by atoms with van der Waals surface area (Å²) < 4.78 is 15.4. The number of anilines is 2. The molecule has 0 unspecified atom stereocenters. The van der Waals surface area contributed by atoms with Crippen molar-refractivity contribution in [2.45, 2.75) is 26.3 Å². The van der Waals surface area contributed by atoms with Crippen molar-refractivity contribution in [3.8, 4) is 0 Å². The van der Waals surface area contributed by atoms with Crippen LogP contribution in [0.1, 0.15) is 39.4 Å². The molecule has 1 aromatic heterocycles. The predicted octanol–water partition coefficient (Wildman–Crippen LogP) is 3.44. The Labute approximate surface area is 223 Å². The molecule has 1 atom stereocenters. The molecule has 3 heterocycles. The quantitative estimate of drug-likeness (QED) is 0.380. The first-order valence-electron chi connectivity index (χ1n) is 11.1. The van der Waals surface area contributed by atoms with Crippen LogP contribution in [0.3, 0.4) is 0 Å². The van der Waals surface area contributed by atoms with Gasteiger partial charge >= 0.3 is 12.1 Å². The molecule has 0 bridgehead atoms. The predicted molar refractivity (Wildman–Crippen MR) is 139 cm³/mol. The number of carboxylic acid groups (broad SMARTS) is 2. The second kappa shape index (κ2) is 9.84. The molecular formula is C23H24FIN4O6S. The highest BCUT2D eigenvalue weighted by Gasteiger charge is 2.41. The molecule has 1 fully saturated rings. The zero-order valence-electron chi connectivity index (χ0n) is 19.4. The average molecular weight is 630 g/mol. The lowest BCUT2D eigenvalue weighted by atomic mass is 9.85. The Kier molecular flexibility index (Phi) is 7.14. The summed E-state index contributed by atoms with van der Waals surface area (Å²) in [5.74, 6) is -2.90. The van der Waals surface area contributed by atoms with E-state index in [4.69, 9.17) is 0 Å². The third kappa shape index (κ3) is 5.12. The van der Waals surface area contributed by atoms with Gasteiger partial charge in [-0.25, -0.2) is 14.0 Å². The van der Waals surface area contributed by atoms with E-state index in [0.717, 1.165) is 21.1 Å². The molecule has 1 aromatic carbocycles. The number of benzene rings is 1. The Hall–Kier alpha value is -2.94. The van der Waals surface area contributed by atoms with E-state index in [2.05, 4.69) is 10.6 Å². The number of hydrogen-bond donors (Lipinski definition) is 4. The van der Waals surface area contributed by atoms with E-state index < -0.39 is 35.2 Å². The number of nitrogens with one attached hydrogen (secondary N) is 2. The van der Waals surface area contributed by atoms with Gasteiger partial charge in [-0.05, 0) is 58.2 Å². The summed E-state index contributed by atoms with van der Waals surface area (Å²) in [5, 5.41) is 25.1. The molecule has 3 amide bonds. The van der Waals surface area contributed by atoms with Gasteiger partial charge < -0.3 is 30.6 Å². The number of halogens is 2. The summed E-state index contributed by atoms with van der Waals surface area (Å²) >= 11 is 2.98. The molecule has 1 saturated heterocycles. The number of amides is 3. The number of aliphatic carboxylic acids is 1. The molecule has 13 heteroatoms. The van der Waals surface area contributed by atoms with Gasteiger partial charge in [0.05, 0.1) is 22.7 Å². The van der Waals surface area contributed by atoms with Crippen LogP contribution in [0.5, 0.6) is 0 Å². The summed E-state index contributed by atoms with van der Waals surface area (Å²) in [7, 11) is 0. The highest BCUT2D eigenvalue weighted by molar-refractivity contribution is 14.1. The minimum atomic E-state index is -1.41. The van der Waals surface area contributed by atoms with Gasteiger partial charge in [-0.15, -0.1) is 11.3 Å². The molecule has 2 aliphatic rings. The first-order valence-corrected chi connectivity index (χ1v) is 12.9. The fourth-order valence-corrected chi connectivity index (χ4v) is 5.93. The minimum absolute atomic E-state index is 0.0579. The smallest absolute Gasteiger partial charge is 0.407 e. The van der Waals surface area contributed by atoms with Crippen LogP contribution in [0.2, 0.25) is 0 Å². The number of rotatable bonds is 4. The zero-order chi connectivity index (χ0) is 26.4. The van der Waals surface area contributed by atoms with Crippen molar-refractivity contribution in [1.29, 1.82) is 0 Å². The molecule has 2 aromatic rings. The van der Waals surface area contributed by atoms with Gasteiger partial charge in [0, 0.05) is 23.2 Å². The van der Waals surface area contributed by atoms with Crippen LogP contribution < -0.4 is 10.6 Å². The summed E-state index contributed by atoms with van der Waals surface area (Å²) in [5.41, 5.74) is 0.263. The topological polar surface area (TPSA) is 139 Å². The Morgan fingerprint density at radius 3 is 2.61 bits per heavy atom. The van der Waals surface area contributed by atoms with Gasteiger partial charge in [0.25, 0.3) is 11.8 Å². The molecule has 0 saturated carbocycles. The van der Waals surface area contributed by atoms with Crippen LogP contribution in [-0.2, 0) is 11.2 Å². The van der Waals surface area contributed by atoms with Crippen LogP contribution in [0.25, 0.3) is 0 Å². The standard InChI is InChI=1S/C23H24FIN4O6S/c1-23(2)8-12-16(20(31)29-6-5-28(22(34)35)9-15(29)21(32)33)19(36-17(12)18(30)26-10-23)27-14-4-3-11(25)7-13(14)24/h3-4,7,15,27H,5-6,8-10H2,1-2H3,(H,26,30)(H,32,33)(H,34,35)/t15-/m0/s1. The van der Waals surface area contributed by atoms with Gasteiger partial charge in [0.15, 0.2) is 0 Å². The second-order valence-corrected chi connectivity index (χ2v) is 11.7. The van der Waals surface area contributed by atoms with Crippen LogP contribution in [0.15, 0.2) is 18.2 Å². The molecule has 0 spiro atoms. The number of hydrogen-bond acceptors (Lipinski definition) is 6. The van der Waals surface area contributed by atoms with Gasteiger partial charge in [-0.2, -0.15) is 0 Å². The summed E-state index contributed by atoms with van der Waals surface area (Å²) in [6, 6.07) is 3.12. The molecule has 4 rings (SSSR count). The molecule has 192 valence electrons. The monoisotopic (exact) mass is 630 g/mol. The van der Waals surface area contributed by atoms with E-state index >= 15 is 0 Å². The van der Waals surface area contributed by atoms with Crippen LogP contribution in [-0.4, -0.2) is 76.1 Å². The van der Waals surface area contributed by atoms with E-state index in [1.165, 1.54) is 12.1 Å². The Morgan fingerprint density at radius 2 is 1.97 bits per heavy atom. The lowest BCUT2D eigenvalue weighted by Gasteiger charge is -2.38. The maximum Gasteiger partial charge on any atom is 0.407 e. The highest BCUT2D eigenvalue weighted by Crippen LogP contribution is 2.41. The number of piperazine rings is 1. The summed E-state index contributed by atoms with van der Waals surface area (Å²) in [6.07, 6.45) is -0.921. The van der Waals surface area contributed by atoms with Gasteiger partial charge in [-0.3, -0.25) is 9.59 Å². The maximum absolute atomic E-state index is 14.7. The fourth-order valence-electron chi connectivity index (χ4n) is 4.34. The molecule has 36 heavy (non-hydrogen) atoms. The maximum atomic E-state index is 14.7. The first kappa shape index (κ1) is 26.1. The minimum Gasteiger partial charge on any atom is -0.480 e. The van der Waals surface area contributed by atoms with Crippen molar-refractivity contribution < 1.29 is 33.8 Å². The van der Waals surface area contributed by atoms with E-state index in [-0.39, 0.29) is 41.8 Å². The number of fused-ring (bicyclic) bond motifs is 1. The number of carbonyl (C=O) groups is 4. The summed E-state index contributed by atoms with van der Waals surface area (Å²) in [6.45, 7) is 3.67. The third-order valence-electron chi connectivity index (χ3n) is 6.19. The first-order chi connectivity index (χ1) is 16.9. The normalized spacial score (nSPS) is 19.2. The lowest BCUT2D eigenvalue weighted by Crippen LogP contribution is -2.59. The molecule has 4 N–H and O–H groups in total. The van der Waals surface area contributed by atoms with E-state index in [1.807, 2.05) is 36.4 Å². The molecular weight excluding hydrogens is 606 g/mol. The largest absolute Gasteiger partial charge is 0.480 e. The van der Waals surface area contributed by atoms with Gasteiger partial charge in [0.1, 0.15) is 16.9 Å². The Morgan fingerprint density at radius 1 is 1.25 bits per heavy atom.